The van der Waals surface area contributed by atoms with Crippen LogP contribution in [0.2, 0.25) is 0 Å². The lowest BCUT2D eigenvalue weighted by Crippen LogP contribution is -2.51. The zero-order valence-corrected chi connectivity index (χ0v) is 23.7. The SMILES string of the molecule is COc1ccc2c(c1OCc1ccccc1)CC(C(=O)O)N(C(=O)C(Oc1ccc3ccccc3c1)c1ccccc1)C2. The first kappa shape index (κ1) is 27.8. The number of hydrogen-bond acceptors (Lipinski definition) is 5. The molecule has 0 aromatic heterocycles. The van der Waals surface area contributed by atoms with Gasteiger partial charge in [-0.25, -0.2) is 4.79 Å². The van der Waals surface area contributed by atoms with Gasteiger partial charge in [0.15, 0.2) is 11.5 Å². The highest BCUT2D eigenvalue weighted by molar-refractivity contribution is 5.89. The van der Waals surface area contributed by atoms with E-state index < -0.39 is 24.0 Å². The third kappa shape index (κ3) is 5.88. The van der Waals surface area contributed by atoms with Crippen LogP contribution in [0.25, 0.3) is 10.8 Å². The van der Waals surface area contributed by atoms with Crippen molar-refractivity contribution in [1.82, 2.24) is 4.90 Å². The smallest absolute Gasteiger partial charge is 0.326 e. The average Bonchev–Trinajstić information content (AvgIpc) is 3.05. The number of benzene rings is 5. The van der Waals surface area contributed by atoms with Crippen LogP contribution in [0, 0.1) is 0 Å². The largest absolute Gasteiger partial charge is 0.493 e. The molecule has 0 spiro atoms. The van der Waals surface area contributed by atoms with Crippen molar-refractivity contribution in [3.63, 3.8) is 0 Å². The van der Waals surface area contributed by atoms with Gasteiger partial charge in [0.2, 0.25) is 6.10 Å². The summed E-state index contributed by atoms with van der Waals surface area (Å²) in [6.07, 6.45) is -0.979. The van der Waals surface area contributed by atoms with E-state index in [1.54, 1.807) is 13.2 Å². The van der Waals surface area contributed by atoms with E-state index in [2.05, 4.69) is 0 Å². The summed E-state index contributed by atoms with van der Waals surface area (Å²) in [6, 6.07) is 35.0. The van der Waals surface area contributed by atoms with Gasteiger partial charge >= 0.3 is 5.97 Å². The quantitative estimate of drug-likeness (QED) is 0.214. The fraction of sp³-hybridized carbons (Fsp3) is 0.167. The predicted octanol–water partition coefficient (Wildman–Crippen LogP) is 6.59. The second kappa shape index (κ2) is 12.3. The van der Waals surface area contributed by atoms with Gasteiger partial charge < -0.3 is 24.2 Å². The molecular formula is C36H31NO6. The number of carboxylic acids is 1. The van der Waals surface area contributed by atoms with Crippen LogP contribution in [0.15, 0.2) is 115 Å². The molecule has 0 radical (unpaired) electrons. The summed E-state index contributed by atoms with van der Waals surface area (Å²) in [4.78, 5) is 28.4. The Labute approximate surface area is 249 Å². The van der Waals surface area contributed by atoms with Crippen LogP contribution < -0.4 is 14.2 Å². The number of ether oxygens (including phenoxy) is 3. The first-order valence-corrected chi connectivity index (χ1v) is 14.1. The van der Waals surface area contributed by atoms with Crippen molar-refractivity contribution in [2.45, 2.75) is 31.7 Å². The van der Waals surface area contributed by atoms with Crippen LogP contribution in [-0.2, 0) is 29.2 Å². The minimum atomic E-state index is -1.13. The van der Waals surface area contributed by atoms with E-state index in [0.29, 0.717) is 29.4 Å². The van der Waals surface area contributed by atoms with Gasteiger partial charge in [-0.2, -0.15) is 0 Å². The fourth-order valence-corrected chi connectivity index (χ4v) is 5.53. The Kier molecular flexibility index (Phi) is 7.96. The number of methoxy groups -OCH3 is 1. The normalized spacial score (nSPS) is 14.9. The van der Waals surface area contributed by atoms with Gasteiger partial charge in [0, 0.05) is 24.1 Å². The molecule has 6 rings (SSSR count). The van der Waals surface area contributed by atoms with Crippen molar-refractivity contribution in [1.29, 1.82) is 0 Å². The average molecular weight is 574 g/mol. The molecule has 1 aliphatic heterocycles. The van der Waals surface area contributed by atoms with E-state index in [0.717, 1.165) is 27.5 Å². The summed E-state index contributed by atoms with van der Waals surface area (Å²) < 4.78 is 18.2. The summed E-state index contributed by atoms with van der Waals surface area (Å²) in [5.41, 5.74) is 3.13. The maximum absolute atomic E-state index is 14.3. The molecule has 1 amide bonds. The highest BCUT2D eigenvalue weighted by atomic mass is 16.5. The van der Waals surface area contributed by atoms with Gasteiger partial charge in [-0.15, -0.1) is 0 Å². The monoisotopic (exact) mass is 573 g/mol. The van der Waals surface area contributed by atoms with Crippen molar-refractivity contribution in [2.24, 2.45) is 0 Å². The Morgan fingerprint density at radius 3 is 2.28 bits per heavy atom. The number of amides is 1. The van der Waals surface area contributed by atoms with Crippen molar-refractivity contribution < 1.29 is 28.9 Å². The lowest BCUT2D eigenvalue weighted by atomic mass is 9.91. The summed E-state index contributed by atoms with van der Waals surface area (Å²) in [5.74, 6) is -0.00512. The van der Waals surface area contributed by atoms with E-state index in [9.17, 15) is 14.7 Å². The number of rotatable bonds is 9. The number of carboxylic acid groups (broad SMARTS) is 1. The van der Waals surface area contributed by atoms with E-state index >= 15 is 0 Å². The molecule has 5 aromatic rings. The van der Waals surface area contributed by atoms with Crippen molar-refractivity contribution in [3.8, 4) is 17.2 Å². The molecule has 2 atom stereocenters. The standard InChI is InChI=1S/C36H31NO6/c1-41-32-19-17-28-22-37(31(36(39)40)21-30(28)34(32)42-23-24-10-4-2-5-11-24)35(38)33(26-13-6-3-7-14-26)43-29-18-16-25-12-8-9-15-27(25)20-29/h2-20,31,33H,21-23H2,1H3,(H,39,40). The van der Waals surface area contributed by atoms with E-state index in [4.69, 9.17) is 14.2 Å². The van der Waals surface area contributed by atoms with Crippen LogP contribution in [0.1, 0.15) is 28.4 Å². The number of carbonyl (C=O) groups excluding carboxylic acids is 1. The molecule has 2 unspecified atom stereocenters. The predicted molar refractivity (Wildman–Crippen MR) is 163 cm³/mol. The minimum Gasteiger partial charge on any atom is -0.493 e. The van der Waals surface area contributed by atoms with Crippen molar-refractivity contribution in [3.05, 3.63) is 138 Å². The molecule has 0 fully saturated rings. The fourth-order valence-electron chi connectivity index (χ4n) is 5.53. The molecule has 7 nitrogen and oxygen atoms in total. The molecule has 5 aromatic carbocycles. The highest BCUT2D eigenvalue weighted by Gasteiger charge is 2.40. The van der Waals surface area contributed by atoms with Crippen LogP contribution in [0.4, 0.5) is 0 Å². The summed E-state index contributed by atoms with van der Waals surface area (Å²) in [6.45, 7) is 0.380. The molecular weight excluding hydrogens is 542 g/mol. The van der Waals surface area contributed by atoms with Gasteiger partial charge in [0.05, 0.1) is 7.11 Å². The van der Waals surface area contributed by atoms with Gasteiger partial charge in [0.25, 0.3) is 5.91 Å². The molecule has 216 valence electrons. The second-order valence-corrected chi connectivity index (χ2v) is 10.5. The lowest BCUT2D eigenvalue weighted by molar-refractivity contribution is -0.155. The van der Waals surface area contributed by atoms with Crippen LogP contribution in [-0.4, -0.2) is 35.0 Å². The van der Waals surface area contributed by atoms with Crippen LogP contribution in [0.5, 0.6) is 17.2 Å². The minimum absolute atomic E-state index is 0.0647. The number of aliphatic carboxylic acids is 1. The van der Waals surface area contributed by atoms with Gasteiger partial charge in [-0.1, -0.05) is 97.1 Å². The Morgan fingerprint density at radius 1 is 0.860 bits per heavy atom. The molecule has 7 heteroatoms. The summed E-state index contributed by atoms with van der Waals surface area (Å²) >= 11 is 0. The molecule has 1 heterocycles. The highest BCUT2D eigenvalue weighted by Crippen LogP contribution is 2.40. The van der Waals surface area contributed by atoms with Gasteiger partial charge in [0.1, 0.15) is 18.4 Å². The van der Waals surface area contributed by atoms with Gasteiger partial charge in [-0.05, 0) is 40.1 Å². The number of hydrogen-bond donors (Lipinski definition) is 1. The molecule has 0 bridgehead atoms. The van der Waals surface area contributed by atoms with E-state index in [1.807, 2.05) is 109 Å². The maximum Gasteiger partial charge on any atom is 0.326 e. The molecule has 43 heavy (non-hydrogen) atoms. The topological polar surface area (TPSA) is 85.3 Å². The first-order chi connectivity index (χ1) is 21.0. The molecule has 0 aliphatic carbocycles. The molecule has 1 N–H and O–H groups in total. The van der Waals surface area contributed by atoms with Crippen molar-refractivity contribution in [2.75, 3.05) is 7.11 Å². The van der Waals surface area contributed by atoms with Crippen LogP contribution in [0.3, 0.4) is 0 Å². The van der Waals surface area contributed by atoms with Crippen molar-refractivity contribution >= 4 is 22.6 Å². The Morgan fingerprint density at radius 2 is 1.56 bits per heavy atom. The Hall–Kier alpha value is -5.30. The number of carbonyl (C=O) groups is 2. The second-order valence-electron chi connectivity index (χ2n) is 10.5. The number of fused-ring (bicyclic) bond motifs is 2. The van der Waals surface area contributed by atoms with E-state index in [-0.39, 0.29) is 13.0 Å². The molecule has 1 aliphatic rings. The summed E-state index contributed by atoms with van der Waals surface area (Å²) in [7, 11) is 1.55. The molecule has 0 saturated heterocycles. The Bertz CT molecular complexity index is 1750. The Balaban J connectivity index is 1.34. The number of nitrogens with zero attached hydrogens (tertiary/aromatic N) is 1. The maximum atomic E-state index is 14.3. The van der Waals surface area contributed by atoms with Gasteiger partial charge in [-0.3, -0.25) is 4.79 Å². The molecule has 0 saturated carbocycles. The third-order valence-corrected chi connectivity index (χ3v) is 7.75. The summed E-state index contributed by atoms with van der Waals surface area (Å²) in [5, 5.41) is 12.4. The lowest BCUT2D eigenvalue weighted by Gasteiger charge is -2.37. The van der Waals surface area contributed by atoms with Crippen LogP contribution >= 0.6 is 0 Å². The third-order valence-electron chi connectivity index (χ3n) is 7.75. The first-order valence-electron chi connectivity index (χ1n) is 14.1. The van der Waals surface area contributed by atoms with E-state index in [1.165, 1.54) is 4.90 Å². The zero-order chi connectivity index (χ0) is 29.8. The zero-order valence-electron chi connectivity index (χ0n) is 23.7.